The van der Waals surface area contributed by atoms with Crippen molar-refractivity contribution in [2.75, 3.05) is 0 Å². The minimum Gasteiger partial charge on any atom is -0.505 e. The third kappa shape index (κ3) is 2.75. The molecule has 0 aliphatic rings. The van der Waals surface area contributed by atoms with Crippen molar-refractivity contribution in [2.24, 2.45) is 0 Å². The molecular formula is C16H14FNO4S. The monoisotopic (exact) mass is 335 g/mol. The molecule has 0 radical (unpaired) electrons. The van der Waals surface area contributed by atoms with E-state index in [0.29, 0.717) is 28.7 Å². The lowest BCUT2D eigenvalue weighted by molar-refractivity contribution is -0.136. The van der Waals surface area contributed by atoms with Gasteiger partial charge < -0.3 is 19.9 Å². The van der Waals surface area contributed by atoms with Gasteiger partial charge in [-0.1, -0.05) is 0 Å². The van der Waals surface area contributed by atoms with Crippen LogP contribution < -0.4 is 0 Å². The van der Waals surface area contributed by atoms with Gasteiger partial charge in [-0.15, -0.1) is 11.3 Å². The average molecular weight is 335 g/mol. The minimum atomic E-state index is -0.996. The number of phenols is 1. The quantitative estimate of drug-likeness (QED) is 0.683. The predicted molar refractivity (Wildman–Crippen MR) is 84.7 cm³/mol. The summed E-state index contributed by atoms with van der Waals surface area (Å²) in [6.45, 7) is 2.14. The van der Waals surface area contributed by atoms with E-state index in [1.54, 1.807) is 22.9 Å². The molecule has 1 aromatic carbocycles. The van der Waals surface area contributed by atoms with E-state index in [4.69, 9.17) is 5.11 Å². The summed E-state index contributed by atoms with van der Waals surface area (Å²) in [4.78, 5) is 11.1. The van der Waals surface area contributed by atoms with Crippen LogP contribution in [-0.2, 0) is 17.8 Å². The molecular weight excluding hydrogens is 321 g/mol. The van der Waals surface area contributed by atoms with Crippen LogP contribution in [0.2, 0.25) is 0 Å². The molecule has 120 valence electrons. The van der Waals surface area contributed by atoms with Crippen molar-refractivity contribution >= 4 is 28.2 Å². The zero-order valence-electron chi connectivity index (χ0n) is 12.2. The highest BCUT2D eigenvalue weighted by Crippen LogP contribution is 2.33. The van der Waals surface area contributed by atoms with Crippen LogP contribution in [0.3, 0.4) is 0 Å². The molecule has 5 nitrogen and oxygen atoms in total. The molecule has 0 aliphatic carbocycles. The van der Waals surface area contributed by atoms with Crippen molar-refractivity contribution in [1.82, 2.24) is 4.57 Å². The van der Waals surface area contributed by atoms with Crippen LogP contribution >= 0.6 is 11.3 Å². The summed E-state index contributed by atoms with van der Waals surface area (Å²) in [6, 6.07) is 4.08. The standard InChI is InChI=1S/C16H14FNO4S/c1-8-10(4-15(20)21)11-3-14(19)12(17)5-13(11)18(8)6-9-2-16(22)23-7-9/h2-3,5,7,19,22H,4,6H2,1H3,(H,20,21). The lowest BCUT2D eigenvalue weighted by Gasteiger charge is -2.07. The van der Waals surface area contributed by atoms with Gasteiger partial charge >= 0.3 is 5.97 Å². The molecule has 0 amide bonds. The van der Waals surface area contributed by atoms with Gasteiger partial charge in [-0.05, 0) is 35.6 Å². The van der Waals surface area contributed by atoms with Crippen molar-refractivity contribution in [3.8, 4) is 10.8 Å². The predicted octanol–water partition coefficient (Wildman–Crippen LogP) is 3.24. The van der Waals surface area contributed by atoms with Gasteiger partial charge in [0.05, 0.1) is 11.9 Å². The van der Waals surface area contributed by atoms with Crippen molar-refractivity contribution in [3.05, 3.63) is 46.2 Å². The highest BCUT2D eigenvalue weighted by atomic mass is 32.1. The topological polar surface area (TPSA) is 82.7 Å². The van der Waals surface area contributed by atoms with Gasteiger partial charge in [0.2, 0.25) is 0 Å². The van der Waals surface area contributed by atoms with Gasteiger partial charge in [0.1, 0.15) is 0 Å². The van der Waals surface area contributed by atoms with Crippen molar-refractivity contribution in [3.63, 3.8) is 0 Å². The SMILES string of the molecule is Cc1c(CC(=O)O)c2cc(O)c(F)cc2n1Cc1csc(O)c1. The number of nitrogens with zero attached hydrogens (tertiary/aromatic N) is 1. The summed E-state index contributed by atoms with van der Waals surface area (Å²) in [5.74, 6) is -2.26. The molecule has 2 heterocycles. The average Bonchev–Trinajstić information content (AvgIpc) is 2.98. The number of aromatic nitrogens is 1. The summed E-state index contributed by atoms with van der Waals surface area (Å²) in [5, 5.41) is 30.6. The molecule has 7 heteroatoms. The molecule has 0 aliphatic heterocycles. The third-order valence-electron chi connectivity index (χ3n) is 3.83. The maximum absolute atomic E-state index is 13.8. The van der Waals surface area contributed by atoms with Gasteiger partial charge in [-0.2, -0.15) is 0 Å². The molecule has 0 spiro atoms. The zero-order chi connectivity index (χ0) is 16.7. The molecule has 3 aromatic rings. The van der Waals surface area contributed by atoms with Crippen molar-refractivity contribution in [2.45, 2.75) is 19.9 Å². The highest BCUT2D eigenvalue weighted by Gasteiger charge is 2.19. The van der Waals surface area contributed by atoms with Crippen LogP contribution in [-0.4, -0.2) is 25.9 Å². The van der Waals surface area contributed by atoms with E-state index < -0.39 is 17.5 Å². The molecule has 0 atom stereocenters. The first kappa shape index (κ1) is 15.4. The first-order valence-electron chi connectivity index (χ1n) is 6.85. The van der Waals surface area contributed by atoms with Crippen molar-refractivity contribution in [1.29, 1.82) is 0 Å². The molecule has 0 bridgehead atoms. The number of carboxylic acid groups (broad SMARTS) is 1. The Hall–Kier alpha value is -2.54. The summed E-state index contributed by atoms with van der Waals surface area (Å²) in [5.41, 5.74) is 2.59. The van der Waals surface area contributed by atoms with Gasteiger partial charge in [0, 0.05) is 23.7 Å². The summed E-state index contributed by atoms with van der Waals surface area (Å²) in [7, 11) is 0. The van der Waals surface area contributed by atoms with Crippen molar-refractivity contribution < 1.29 is 24.5 Å². The lowest BCUT2D eigenvalue weighted by Crippen LogP contribution is -2.04. The number of carboxylic acids is 1. The van der Waals surface area contributed by atoms with E-state index in [1.807, 2.05) is 0 Å². The molecule has 3 rings (SSSR count). The minimum absolute atomic E-state index is 0.184. The second-order valence-electron chi connectivity index (χ2n) is 5.33. The fourth-order valence-corrected chi connectivity index (χ4v) is 3.40. The van der Waals surface area contributed by atoms with Crippen LogP contribution in [0, 0.1) is 12.7 Å². The number of aliphatic carboxylic acids is 1. The number of thiophene rings is 1. The van der Waals surface area contributed by atoms with Gasteiger partial charge in [0.25, 0.3) is 0 Å². The fraction of sp³-hybridized carbons (Fsp3) is 0.188. The summed E-state index contributed by atoms with van der Waals surface area (Å²) >= 11 is 1.19. The zero-order valence-corrected chi connectivity index (χ0v) is 13.0. The second kappa shape index (κ2) is 5.58. The Kier molecular flexibility index (Phi) is 3.73. The van der Waals surface area contributed by atoms with Crippen LogP contribution in [0.1, 0.15) is 16.8 Å². The van der Waals surface area contributed by atoms with Crippen LogP contribution in [0.25, 0.3) is 10.9 Å². The largest absolute Gasteiger partial charge is 0.505 e. The van der Waals surface area contributed by atoms with E-state index in [2.05, 4.69) is 0 Å². The molecule has 3 N–H and O–H groups in total. The van der Waals surface area contributed by atoms with Gasteiger partial charge in [-0.25, -0.2) is 4.39 Å². The second-order valence-corrected chi connectivity index (χ2v) is 6.22. The number of aromatic hydroxyl groups is 2. The van der Waals surface area contributed by atoms with Crippen LogP contribution in [0.4, 0.5) is 4.39 Å². The molecule has 0 saturated carbocycles. The summed E-state index contributed by atoms with van der Waals surface area (Å²) in [6.07, 6.45) is -0.213. The Labute approximate surface area is 134 Å². The number of rotatable bonds is 4. The van der Waals surface area contributed by atoms with Gasteiger partial charge in [-0.3, -0.25) is 4.79 Å². The van der Waals surface area contributed by atoms with E-state index in [1.165, 1.54) is 23.5 Å². The molecule has 0 unspecified atom stereocenters. The first-order valence-corrected chi connectivity index (χ1v) is 7.73. The number of fused-ring (bicyclic) bond motifs is 1. The fourth-order valence-electron chi connectivity index (χ4n) is 2.76. The van der Waals surface area contributed by atoms with Crippen LogP contribution in [0.5, 0.6) is 10.8 Å². The Morgan fingerprint density at radius 1 is 1.30 bits per heavy atom. The van der Waals surface area contributed by atoms with Crippen LogP contribution in [0.15, 0.2) is 23.6 Å². The van der Waals surface area contributed by atoms with E-state index in [9.17, 15) is 19.4 Å². The van der Waals surface area contributed by atoms with E-state index in [-0.39, 0.29) is 11.5 Å². The molecule has 2 aromatic heterocycles. The maximum Gasteiger partial charge on any atom is 0.307 e. The number of hydrogen-bond acceptors (Lipinski definition) is 4. The molecule has 23 heavy (non-hydrogen) atoms. The number of hydrogen-bond donors (Lipinski definition) is 3. The normalized spacial score (nSPS) is 11.2. The molecule has 0 saturated heterocycles. The Bertz CT molecular complexity index is 913. The first-order chi connectivity index (χ1) is 10.9. The number of carbonyl (C=O) groups is 1. The number of halogens is 1. The highest BCUT2D eigenvalue weighted by molar-refractivity contribution is 7.11. The Morgan fingerprint density at radius 3 is 2.65 bits per heavy atom. The smallest absolute Gasteiger partial charge is 0.307 e. The number of phenolic OH excluding ortho intramolecular Hbond substituents is 1. The number of benzene rings is 1. The van der Waals surface area contributed by atoms with E-state index in [0.717, 1.165) is 5.56 Å². The Morgan fingerprint density at radius 2 is 2.04 bits per heavy atom. The molecule has 0 fully saturated rings. The lowest BCUT2D eigenvalue weighted by atomic mass is 10.1. The van der Waals surface area contributed by atoms with E-state index >= 15 is 0 Å². The Balaban J connectivity index is 2.21. The third-order valence-corrected chi connectivity index (χ3v) is 4.61. The maximum atomic E-state index is 13.8. The van der Waals surface area contributed by atoms with Gasteiger partial charge in [0.15, 0.2) is 16.6 Å². The summed E-state index contributed by atoms with van der Waals surface area (Å²) < 4.78 is 15.5.